The van der Waals surface area contributed by atoms with Crippen LogP contribution in [0, 0.1) is 0 Å². The topological polar surface area (TPSA) is 18.5 Å². The van der Waals surface area contributed by atoms with Crippen molar-refractivity contribution in [3.63, 3.8) is 0 Å². The first-order valence-electron chi connectivity index (χ1n) is 7.40. The third kappa shape index (κ3) is 4.69. The summed E-state index contributed by atoms with van der Waals surface area (Å²) in [6.07, 6.45) is 2.66. The Hall–Kier alpha value is -1.64. The van der Waals surface area contributed by atoms with Crippen LogP contribution >= 0.6 is 0 Å². The molecule has 0 bridgehead atoms. The molecule has 0 fully saturated rings. The number of rotatable bonds is 8. The first-order valence-corrected chi connectivity index (χ1v) is 7.40. The molecule has 2 heteroatoms. The molecule has 0 aromatic heterocycles. The Labute approximate surface area is 127 Å². The lowest BCUT2D eigenvalue weighted by atomic mass is 9.85. The molecule has 2 nitrogen and oxygen atoms in total. The van der Waals surface area contributed by atoms with Crippen molar-refractivity contribution in [2.75, 3.05) is 20.8 Å². The van der Waals surface area contributed by atoms with Gasteiger partial charge in [0.1, 0.15) is 0 Å². The lowest BCUT2D eigenvalue weighted by molar-refractivity contribution is -0.0321. The van der Waals surface area contributed by atoms with Gasteiger partial charge < -0.3 is 9.47 Å². The summed E-state index contributed by atoms with van der Waals surface area (Å²) in [5, 5.41) is 0. The fraction of sp³-hybridized carbons (Fsp3) is 0.368. The smallest absolute Gasteiger partial charge is 0.0780 e. The lowest BCUT2D eigenvalue weighted by Crippen LogP contribution is -2.38. The van der Waals surface area contributed by atoms with E-state index in [1.54, 1.807) is 7.11 Å². The highest BCUT2D eigenvalue weighted by Crippen LogP contribution is 2.26. The van der Waals surface area contributed by atoms with Crippen molar-refractivity contribution in [3.8, 4) is 0 Å². The molecule has 2 rings (SSSR count). The van der Waals surface area contributed by atoms with E-state index in [2.05, 4.69) is 48.5 Å². The number of hydrogen-bond donors (Lipinski definition) is 0. The molecule has 0 saturated heterocycles. The second kappa shape index (κ2) is 7.96. The van der Waals surface area contributed by atoms with Crippen LogP contribution in [0.1, 0.15) is 17.5 Å². The third-order valence-electron chi connectivity index (χ3n) is 3.93. The van der Waals surface area contributed by atoms with E-state index in [4.69, 9.17) is 9.47 Å². The lowest BCUT2D eigenvalue weighted by Gasteiger charge is -2.33. The second-order valence-electron chi connectivity index (χ2n) is 5.45. The minimum Gasteiger partial charge on any atom is -0.385 e. The van der Waals surface area contributed by atoms with Gasteiger partial charge in [0.05, 0.1) is 5.60 Å². The summed E-state index contributed by atoms with van der Waals surface area (Å²) in [5.41, 5.74) is 2.37. The Morgan fingerprint density at radius 1 is 0.762 bits per heavy atom. The fourth-order valence-corrected chi connectivity index (χ4v) is 2.71. The summed E-state index contributed by atoms with van der Waals surface area (Å²) < 4.78 is 11.3. The van der Waals surface area contributed by atoms with E-state index in [1.807, 2.05) is 19.2 Å². The standard InChI is InChI=1S/C19H24O2/c1-20-14-13-19(21-2,15-17-9-5-3-6-10-17)16-18-11-7-4-8-12-18/h3-12H,13-16H2,1-2H3. The van der Waals surface area contributed by atoms with E-state index >= 15 is 0 Å². The monoisotopic (exact) mass is 284 g/mol. The van der Waals surface area contributed by atoms with Crippen LogP contribution in [0.15, 0.2) is 60.7 Å². The zero-order valence-corrected chi connectivity index (χ0v) is 12.9. The summed E-state index contributed by atoms with van der Waals surface area (Å²) in [7, 11) is 3.55. The van der Waals surface area contributed by atoms with Gasteiger partial charge in [-0.05, 0) is 11.1 Å². The molecule has 112 valence electrons. The van der Waals surface area contributed by atoms with Crippen LogP contribution in [-0.2, 0) is 22.3 Å². The van der Waals surface area contributed by atoms with Gasteiger partial charge in [-0.1, -0.05) is 60.7 Å². The van der Waals surface area contributed by atoms with Gasteiger partial charge in [-0.15, -0.1) is 0 Å². The predicted octanol–water partition coefficient (Wildman–Crippen LogP) is 3.89. The molecular weight excluding hydrogens is 260 g/mol. The molecule has 0 N–H and O–H groups in total. The van der Waals surface area contributed by atoms with Crippen LogP contribution in [0.3, 0.4) is 0 Å². The molecule has 0 heterocycles. The molecule has 0 unspecified atom stereocenters. The normalized spacial score (nSPS) is 11.5. The van der Waals surface area contributed by atoms with Crippen molar-refractivity contribution < 1.29 is 9.47 Å². The van der Waals surface area contributed by atoms with Gasteiger partial charge in [0.2, 0.25) is 0 Å². The number of ether oxygens (including phenoxy) is 2. The van der Waals surface area contributed by atoms with Crippen LogP contribution < -0.4 is 0 Å². The van der Waals surface area contributed by atoms with Gasteiger partial charge in [-0.25, -0.2) is 0 Å². The fourth-order valence-electron chi connectivity index (χ4n) is 2.71. The minimum absolute atomic E-state index is 0.223. The summed E-state index contributed by atoms with van der Waals surface area (Å²) in [5.74, 6) is 0. The molecule has 0 aliphatic carbocycles. The van der Waals surface area contributed by atoms with Crippen molar-refractivity contribution in [2.24, 2.45) is 0 Å². The predicted molar refractivity (Wildman–Crippen MR) is 86.5 cm³/mol. The number of hydrogen-bond acceptors (Lipinski definition) is 2. The maximum absolute atomic E-state index is 5.97. The number of benzene rings is 2. The number of methoxy groups -OCH3 is 2. The van der Waals surface area contributed by atoms with E-state index in [9.17, 15) is 0 Å². The van der Waals surface area contributed by atoms with Crippen LogP contribution in [0.5, 0.6) is 0 Å². The van der Waals surface area contributed by atoms with Crippen molar-refractivity contribution in [1.82, 2.24) is 0 Å². The molecule has 2 aromatic rings. The molecule has 0 atom stereocenters. The largest absolute Gasteiger partial charge is 0.385 e. The highest BCUT2D eigenvalue weighted by Gasteiger charge is 2.30. The summed E-state index contributed by atoms with van der Waals surface area (Å²) >= 11 is 0. The third-order valence-corrected chi connectivity index (χ3v) is 3.93. The van der Waals surface area contributed by atoms with E-state index in [0.29, 0.717) is 6.61 Å². The second-order valence-corrected chi connectivity index (χ2v) is 5.45. The average molecular weight is 284 g/mol. The summed E-state index contributed by atoms with van der Waals surface area (Å²) in [6.45, 7) is 0.702. The average Bonchev–Trinajstić information content (AvgIpc) is 2.54. The molecule has 0 amide bonds. The summed E-state index contributed by atoms with van der Waals surface area (Å²) in [6, 6.07) is 21.0. The van der Waals surface area contributed by atoms with Crippen LogP contribution in [0.4, 0.5) is 0 Å². The van der Waals surface area contributed by atoms with Crippen LogP contribution in [-0.4, -0.2) is 26.4 Å². The molecule has 0 saturated carbocycles. The van der Waals surface area contributed by atoms with E-state index in [1.165, 1.54) is 11.1 Å². The van der Waals surface area contributed by atoms with Crippen LogP contribution in [0.25, 0.3) is 0 Å². The molecule has 2 aromatic carbocycles. The molecular formula is C19H24O2. The Kier molecular flexibility index (Phi) is 5.97. The van der Waals surface area contributed by atoms with Crippen LogP contribution in [0.2, 0.25) is 0 Å². The minimum atomic E-state index is -0.223. The van der Waals surface area contributed by atoms with E-state index in [-0.39, 0.29) is 5.60 Å². The summed E-state index contributed by atoms with van der Waals surface area (Å²) in [4.78, 5) is 0. The maximum Gasteiger partial charge on any atom is 0.0780 e. The SMILES string of the molecule is COCCC(Cc1ccccc1)(Cc1ccccc1)OC. The quantitative estimate of drug-likeness (QED) is 0.732. The van der Waals surface area contributed by atoms with Crippen molar-refractivity contribution in [1.29, 1.82) is 0 Å². The van der Waals surface area contributed by atoms with Gasteiger partial charge >= 0.3 is 0 Å². The highest BCUT2D eigenvalue weighted by atomic mass is 16.5. The zero-order valence-electron chi connectivity index (χ0n) is 12.9. The Morgan fingerprint density at radius 2 is 1.24 bits per heavy atom. The molecule has 0 aliphatic rings. The van der Waals surface area contributed by atoms with Crippen molar-refractivity contribution in [3.05, 3.63) is 71.8 Å². The van der Waals surface area contributed by atoms with E-state index in [0.717, 1.165) is 19.3 Å². The zero-order chi connectivity index (χ0) is 15.0. The van der Waals surface area contributed by atoms with E-state index < -0.39 is 0 Å². The van der Waals surface area contributed by atoms with Gasteiger partial charge in [0, 0.05) is 40.1 Å². The molecule has 0 spiro atoms. The Bertz CT molecular complexity index is 466. The first kappa shape index (κ1) is 15.7. The van der Waals surface area contributed by atoms with Gasteiger partial charge in [-0.3, -0.25) is 0 Å². The van der Waals surface area contributed by atoms with Crippen molar-refractivity contribution >= 4 is 0 Å². The van der Waals surface area contributed by atoms with Crippen molar-refractivity contribution in [2.45, 2.75) is 24.9 Å². The first-order chi connectivity index (χ1) is 10.3. The Balaban J connectivity index is 2.20. The van der Waals surface area contributed by atoms with Gasteiger partial charge in [0.15, 0.2) is 0 Å². The molecule has 21 heavy (non-hydrogen) atoms. The van der Waals surface area contributed by atoms with Gasteiger partial charge in [0.25, 0.3) is 0 Å². The highest BCUT2D eigenvalue weighted by molar-refractivity contribution is 5.21. The maximum atomic E-state index is 5.97. The molecule has 0 aliphatic heterocycles. The van der Waals surface area contributed by atoms with Gasteiger partial charge in [-0.2, -0.15) is 0 Å². The Morgan fingerprint density at radius 3 is 1.62 bits per heavy atom. The molecule has 0 radical (unpaired) electrons.